The minimum atomic E-state index is -0.471. The number of rotatable bonds is 4. The molecule has 0 amide bonds. The van der Waals surface area contributed by atoms with Crippen LogP contribution in [0.15, 0.2) is 53.0 Å². The van der Waals surface area contributed by atoms with Crippen LogP contribution in [-0.2, 0) is 0 Å². The van der Waals surface area contributed by atoms with Crippen molar-refractivity contribution in [3.05, 3.63) is 74.3 Å². The fraction of sp³-hybridized carbons (Fsp3) is 0. The van der Waals surface area contributed by atoms with Crippen LogP contribution in [0.25, 0.3) is 6.08 Å². The number of carbonyl (C=O) groups is 1. The Morgan fingerprint density at radius 3 is 2.43 bits per heavy atom. The van der Waals surface area contributed by atoms with Crippen LogP contribution in [0, 0.1) is 10.1 Å². The van der Waals surface area contributed by atoms with Crippen molar-refractivity contribution < 1.29 is 9.72 Å². The fourth-order valence-corrected chi connectivity index (χ4v) is 2.11. The van der Waals surface area contributed by atoms with Crippen LogP contribution >= 0.6 is 15.9 Å². The molecular formula is C15H11BrN2O3. The Bertz CT molecular complexity index is 724. The second-order valence-corrected chi connectivity index (χ2v) is 5.19. The number of nitrogens with two attached hydrogens (primary N) is 1. The molecule has 2 rings (SSSR count). The predicted octanol–water partition coefficient (Wildman–Crippen LogP) is 3.84. The lowest BCUT2D eigenvalue weighted by Crippen LogP contribution is -2.00. The van der Waals surface area contributed by atoms with E-state index in [0.29, 0.717) is 16.8 Å². The van der Waals surface area contributed by atoms with Crippen LogP contribution in [0.2, 0.25) is 0 Å². The Kier molecular flexibility index (Phi) is 4.49. The second-order valence-electron chi connectivity index (χ2n) is 4.28. The summed E-state index contributed by atoms with van der Waals surface area (Å²) < 4.78 is 0.802. The summed E-state index contributed by atoms with van der Waals surface area (Å²) in [5.74, 6) is -0.224. The standard InChI is InChI=1S/C15H11BrN2O3/c16-11-4-7-13(14(17)9-11)15(19)8-3-10-1-5-12(6-2-10)18(20)21/h1-9H,17H2/b8-3+. The fourth-order valence-electron chi connectivity index (χ4n) is 1.73. The van der Waals surface area contributed by atoms with Crippen molar-refractivity contribution in [1.29, 1.82) is 0 Å². The molecule has 0 atom stereocenters. The molecule has 0 saturated carbocycles. The molecule has 106 valence electrons. The second kappa shape index (κ2) is 6.32. The van der Waals surface area contributed by atoms with Crippen molar-refractivity contribution >= 4 is 39.2 Å². The highest BCUT2D eigenvalue weighted by molar-refractivity contribution is 9.10. The van der Waals surface area contributed by atoms with E-state index in [2.05, 4.69) is 15.9 Å². The average molecular weight is 347 g/mol. The number of nitrogens with zero attached hydrogens (tertiary/aromatic N) is 1. The lowest BCUT2D eigenvalue weighted by molar-refractivity contribution is -0.384. The summed E-state index contributed by atoms with van der Waals surface area (Å²) in [7, 11) is 0. The first-order valence-electron chi connectivity index (χ1n) is 5.99. The molecule has 0 fully saturated rings. The van der Waals surface area contributed by atoms with Crippen LogP contribution in [0.3, 0.4) is 0 Å². The van der Waals surface area contributed by atoms with Crippen molar-refractivity contribution in [3.63, 3.8) is 0 Å². The molecule has 0 unspecified atom stereocenters. The third kappa shape index (κ3) is 3.76. The maximum Gasteiger partial charge on any atom is 0.269 e. The van der Waals surface area contributed by atoms with Crippen molar-refractivity contribution in [3.8, 4) is 0 Å². The minimum Gasteiger partial charge on any atom is -0.398 e. The highest BCUT2D eigenvalue weighted by atomic mass is 79.9. The summed E-state index contributed by atoms with van der Waals surface area (Å²) >= 11 is 3.28. The van der Waals surface area contributed by atoms with Crippen molar-refractivity contribution in [1.82, 2.24) is 0 Å². The molecule has 0 aromatic heterocycles. The first kappa shape index (κ1) is 14.9. The highest BCUT2D eigenvalue weighted by Crippen LogP contribution is 2.20. The van der Waals surface area contributed by atoms with Gasteiger partial charge in [-0.15, -0.1) is 0 Å². The van der Waals surface area contributed by atoms with E-state index in [9.17, 15) is 14.9 Å². The molecule has 2 aromatic rings. The maximum atomic E-state index is 12.0. The van der Waals surface area contributed by atoms with E-state index < -0.39 is 4.92 Å². The number of allylic oxidation sites excluding steroid dienone is 1. The molecular weight excluding hydrogens is 336 g/mol. The number of nitro benzene ring substituents is 1. The van der Waals surface area contributed by atoms with Crippen LogP contribution in [-0.4, -0.2) is 10.7 Å². The van der Waals surface area contributed by atoms with Gasteiger partial charge in [0.2, 0.25) is 0 Å². The third-order valence-corrected chi connectivity index (χ3v) is 3.30. The topological polar surface area (TPSA) is 86.2 Å². The zero-order chi connectivity index (χ0) is 15.4. The third-order valence-electron chi connectivity index (χ3n) is 2.81. The Balaban J connectivity index is 2.16. The molecule has 0 aliphatic rings. The molecule has 0 heterocycles. The quantitative estimate of drug-likeness (QED) is 0.299. The summed E-state index contributed by atoms with van der Waals surface area (Å²) in [5, 5.41) is 10.5. The van der Waals surface area contributed by atoms with Gasteiger partial charge in [-0.1, -0.05) is 22.0 Å². The van der Waals surface area contributed by atoms with Gasteiger partial charge in [0.15, 0.2) is 5.78 Å². The average Bonchev–Trinajstić information content (AvgIpc) is 2.45. The van der Waals surface area contributed by atoms with Crippen LogP contribution in [0.5, 0.6) is 0 Å². The molecule has 6 heteroatoms. The van der Waals surface area contributed by atoms with E-state index >= 15 is 0 Å². The van der Waals surface area contributed by atoms with E-state index in [1.54, 1.807) is 36.4 Å². The molecule has 2 N–H and O–H groups in total. The Morgan fingerprint density at radius 2 is 1.86 bits per heavy atom. The molecule has 0 spiro atoms. The number of hydrogen-bond acceptors (Lipinski definition) is 4. The number of nitrogen functional groups attached to an aromatic ring is 1. The van der Waals surface area contributed by atoms with E-state index in [0.717, 1.165) is 4.47 Å². The number of anilines is 1. The number of halogens is 1. The maximum absolute atomic E-state index is 12.0. The zero-order valence-electron chi connectivity index (χ0n) is 10.8. The van der Waals surface area contributed by atoms with Gasteiger partial charge >= 0.3 is 0 Å². The Hall–Kier alpha value is -2.47. The van der Waals surface area contributed by atoms with Gasteiger partial charge in [0, 0.05) is 27.9 Å². The molecule has 0 aliphatic carbocycles. The Labute approximate surface area is 129 Å². The zero-order valence-corrected chi connectivity index (χ0v) is 12.4. The lowest BCUT2D eigenvalue weighted by Gasteiger charge is -2.02. The van der Waals surface area contributed by atoms with Gasteiger partial charge in [0.25, 0.3) is 5.69 Å². The monoisotopic (exact) mass is 346 g/mol. The van der Waals surface area contributed by atoms with Crippen LogP contribution in [0.4, 0.5) is 11.4 Å². The van der Waals surface area contributed by atoms with E-state index in [-0.39, 0.29) is 11.5 Å². The van der Waals surface area contributed by atoms with Crippen LogP contribution < -0.4 is 5.73 Å². The van der Waals surface area contributed by atoms with E-state index in [4.69, 9.17) is 5.73 Å². The summed E-state index contributed by atoms with van der Waals surface area (Å²) in [5.41, 5.74) is 7.30. The van der Waals surface area contributed by atoms with Gasteiger partial charge < -0.3 is 5.73 Å². The van der Waals surface area contributed by atoms with E-state index in [1.807, 2.05) is 0 Å². The van der Waals surface area contributed by atoms with Crippen LogP contribution in [0.1, 0.15) is 15.9 Å². The molecule has 0 radical (unpaired) electrons. The summed E-state index contributed by atoms with van der Waals surface area (Å²) in [6, 6.07) is 11.0. The highest BCUT2D eigenvalue weighted by Gasteiger charge is 2.07. The smallest absolute Gasteiger partial charge is 0.269 e. The van der Waals surface area contributed by atoms with Gasteiger partial charge in [-0.05, 0) is 42.0 Å². The Morgan fingerprint density at radius 1 is 1.19 bits per heavy atom. The summed E-state index contributed by atoms with van der Waals surface area (Å²) in [6.07, 6.45) is 2.98. The van der Waals surface area contributed by atoms with Crippen molar-refractivity contribution in [2.75, 3.05) is 5.73 Å². The minimum absolute atomic E-state index is 0.00984. The van der Waals surface area contributed by atoms with Gasteiger partial charge in [-0.25, -0.2) is 0 Å². The first-order chi connectivity index (χ1) is 9.97. The molecule has 5 nitrogen and oxygen atoms in total. The predicted molar refractivity (Wildman–Crippen MR) is 85.0 cm³/mol. The van der Waals surface area contributed by atoms with Crippen molar-refractivity contribution in [2.45, 2.75) is 0 Å². The number of nitro groups is 1. The SMILES string of the molecule is Nc1cc(Br)ccc1C(=O)/C=C/c1ccc([N+](=O)[O-])cc1. The van der Waals surface area contributed by atoms with Crippen molar-refractivity contribution in [2.24, 2.45) is 0 Å². The van der Waals surface area contributed by atoms with Gasteiger partial charge in [0.05, 0.1) is 4.92 Å². The largest absolute Gasteiger partial charge is 0.398 e. The molecule has 21 heavy (non-hydrogen) atoms. The molecule has 0 saturated heterocycles. The van der Waals surface area contributed by atoms with Gasteiger partial charge in [-0.2, -0.15) is 0 Å². The summed E-state index contributed by atoms with van der Waals surface area (Å²) in [6.45, 7) is 0. The van der Waals surface area contributed by atoms with Gasteiger partial charge in [0.1, 0.15) is 0 Å². The number of hydrogen-bond donors (Lipinski definition) is 1. The number of carbonyl (C=O) groups excluding carboxylic acids is 1. The lowest BCUT2D eigenvalue weighted by atomic mass is 10.1. The normalized spacial score (nSPS) is 10.7. The summed E-state index contributed by atoms with van der Waals surface area (Å²) in [4.78, 5) is 22.1. The number of ketones is 1. The molecule has 2 aromatic carbocycles. The molecule has 0 aliphatic heterocycles. The number of benzene rings is 2. The van der Waals surface area contributed by atoms with Gasteiger partial charge in [-0.3, -0.25) is 14.9 Å². The first-order valence-corrected chi connectivity index (χ1v) is 6.78. The molecule has 0 bridgehead atoms. The number of non-ortho nitro benzene ring substituents is 1. The van der Waals surface area contributed by atoms with E-state index in [1.165, 1.54) is 18.2 Å².